The minimum absolute atomic E-state index is 0.360. The Morgan fingerprint density at radius 3 is 2.46 bits per heavy atom. The van der Waals surface area contributed by atoms with E-state index in [2.05, 4.69) is 5.32 Å². The van der Waals surface area contributed by atoms with E-state index in [0.29, 0.717) is 16.5 Å². The highest BCUT2D eigenvalue weighted by molar-refractivity contribution is 6.30. The van der Waals surface area contributed by atoms with Gasteiger partial charge in [-0.05, 0) is 48.9 Å². The third-order valence-corrected chi connectivity index (χ3v) is 4.16. The summed E-state index contributed by atoms with van der Waals surface area (Å²) in [6.45, 7) is 1.41. The molecule has 7 heteroatoms. The van der Waals surface area contributed by atoms with Crippen molar-refractivity contribution in [3.05, 3.63) is 64.7 Å². The largest absolute Gasteiger partial charge is 0.497 e. The zero-order valence-electron chi connectivity index (χ0n) is 15.9. The zero-order valence-corrected chi connectivity index (χ0v) is 16.7. The van der Waals surface area contributed by atoms with Gasteiger partial charge in [-0.1, -0.05) is 23.7 Å². The standard InChI is InChI=1S/C21H22ClNO5/c1-14(18-12-17(26-2)9-10-19(18)27-3)23-20(24)13-28-21(25)11-6-15-4-7-16(22)8-5-15/h4-12,14H,13H2,1-3H3,(H,23,24)/b11-6+. The Bertz CT molecular complexity index is 848. The summed E-state index contributed by atoms with van der Waals surface area (Å²) in [6, 6.07) is 11.9. The molecule has 0 fully saturated rings. The molecule has 0 aliphatic rings. The van der Waals surface area contributed by atoms with Crippen molar-refractivity contribution in [3.8, 4) is 11.5 Å². The molecule has 0 radical (unpaired) electrons. The Morgan fingerprint density at radius 2 is 1.82 bits per heavy atom. The van der Waals surface area contributed by atoms with Crippen LogP contribution in [0.3, 0.4) is 0 Å². The molecule has 6 nitrogen and oxygen atoms in total. The number of rotatable bonds is 8. The van der Waals surface area contributed by atoms with E-state index in [1.807, 2.05) is 0 Å². The minimum Gasteiger partial charge on any atom is -0.497 e. The van der Waals surface area contributed by atoms with Crippen LogP contribution < -0.4 is 14.8 Å². The molecule has 1 unspecified atom stereocenters. The second-order valence-corrected chi connectivity index (χ2v) is 6.33. The van der Waals surface area contributed by atoms with Gasteiger partial charge in [-0.25, -0.2) is 4.79 Å². The third kappa shape index (κ3) is 6.32. The monoisotopic (exact) mass is 403 g/mol. The number of nitrogens with one attached hydrogen (secondary N) is 1. The van der Waals surface area contributed by atoms with Crippen LogP contribution in [-0.2, 0) is 14.3 Å². The maximum Gasteiger partial charge on any atom is 0.331 e. The SMILES string of the molecule is COc1ccc(OC)c(C(C)NC(=O)COC(=O)/C=C/c2ccc(Cl)cc2)c1. The number of halogens is 1. The molecule has 0 saturated heterocycles. The van der Waals surface area contributed by atoms with Gasteiger partial charge in [-0.2, -0.15) is 0 Å². The van der Waals surface area contributed by atoms with E-state index in [0.717, 1.165) is 11.1 Å². The van der Waals surface area contributed by atoms with Crippen molar-refractivity contribution in [2.75, 3.05) is 20.8 Å². The molecule has 0 saturated carbocycles. The van der Waals surface area contributed by atoms with Crippen LogP contribution in [-0.4, -0.2) is 32.7 Å². The lowest BCUT2D eigenvalue weighted by Gasteiger charge is -2.18. The lowest BCUT2D eigenvalue weighted by Crippen LogP contribution is -2.31. The Hall–Kier alpha value is -2.99. The summed E-state index contributed by atoms with van der Waals surface area (Å²) in [5.74, 6) is 0.231. The van der Waals surface area contributed by atoms with Crippen molar-refractivity contribution < 1.29 is 23.8 Å². The number of benzene rings is 2. The smallest absolute Gasteiger partial charge is 0.331 e. The Kier molecular flexibility index (Phi) is 7.89. The number of carbonyl (C=O) groups is 2. The number of amides is 1. The van der Waals surface area contributed by atoms with Crippen molar-refractivity contribution in [1.29, 1.82) is 0 Å². The maximum atomic E-state index is 12.1. The number of methoxy groups -OCH3 is 2. The molecule has 2 aromatic carbocycles. The number of ether oxygens (including phenoxy) is 3. The van der Waals surface area contributed by atoms with Crippen molar-refractivity contribution in [1.82, 2.24) is 5.32 Å². The van der Waals surface area contributed by atoms with Crippen LogP contribution in [0, 0.1) is 0 Å². The van der Waals surface area contributed by atoms with Gasteiger partial charge in [0.1, 0.15) is 11.5 Å². The van der Waals surface area contributed by atoms with Crippen LogP contribution in [0.1, 0.15) is 24.1 Å². The van der Waals surface area contributed by atoms with Crippen LogP contribution in [0.25, 0.3) is 6.08 Å². The Morgan fingerprint density at radius 1 is 1.11 bits per heavy atom. The molecule has 0 heterocycles. The van der Waals surface area contributed by atoms with E-state index >= 15 is 0 Å². The number of hydrogen-bond donors (Lipinski definition) is 1. The summed E-state index contributed by atoms with van der Waals surface area (Å²) in [4.78, 5) is 23.9. The number of esters is 1. The molecule has 0 bridgehead atoms. The van der Waals surface area contributed by atoms with Crippen molar-refractivity contribution >= 4 is 29.6 Å². The highest BCUT2D eigenvalue weighted by Crippen LogP contribution is 2.29. The first-order valence-corrected chi connectivity index (χ1v) is 8.92. The van der Waals surface area contributed by atoms with Crippen LogP contribution in [0.2, 0.25) is 5.02 Å². The molecule has 0 aromatic heterocycles. The molecule has 0 aliphatic carbocycles. The van der Waals surface area contributed by atoms with Crippen molar-refractivity contribution in [3.63, 3.8) is 0 Å². The Labute approximate surface area is 169 Å². The average Bonchev–Trinajstić information content (AvgIpc) is 2.71. The Balaban J connectivity index is 1.88. The van der Waals surface area contributed by atoms with E-state index in [-0.39, 0.29) is 12.6 Å². The van der Waals surface area contributed by atoms with Gasteiger partial charge in [0, 0.05) is 16.7 Å². The zero-order chi connectivity index (χ0) is 20.5. The first-order valence-electron chi connectivity index (χ1n) is 8.54. The fourth-order valence-corrected chi connectivity index (χ4v) is 2.59. The van der Waals surface area contributed by atoms with Gasteiger partial charge in [0.15, 0.2) is 6.61 Å². The fourth-order valence-electron chi connectivity index (χ4n) is 2.46. The van der Waals surface area contributed by atoms with E-state index in [4.69, 9.17) is 25.8 Å². The second-order valence-electron chi connectivity index (χ2n) is 5.89. The van der Waals surface area contributed by atoms with E-state index in [9.17, 15) is 9.59 Å². The van der Waals surface area contributed by atoms with E-state index in [1.165, 1.54) is 6.08 Å². The molecular weight excluding hydrogens is 382 g/mol. The molecule has 1 N–H and O–H groups in total. The third-order valence-electron chi connectivity index (χ3n) is 3.91. The highest BCUT2D eigenvalue weighted by Gasteiger charge is 2.16. The molecule has 28 heavy (non-hydrogen) atoms. The molecule has 1 amide bonds. The normalized spacial score (nSPS) is 11.7. The highest BCUT2D eigenvalue weighted by atomic mass is 35.5. The summed E-state index contributed by atoms with van der Waals surface area (Å²) in [6.07, 6.45) is 2.84. The van der Waals surface area contributed by atoms with Gasteiger partial charge in [-0.3, -0.25) is 4.79 Å². The van der Waals surface area contributed by atoms with Crippen molar-refractivity contribution in [2.45, 2.75) is 13.0 Å². The summed E-state index contributed by atoms with van der Waals surface area (Å²) in [5.41, 5.74) is 1.55. The first kappa shape index (κ1) is 21.3. The van der Waals surface area contributed by atoms with Crippen LogP contribution in [0.5, 0.6) is 11.5 Å². The van der Waals surface area contributed by atoms with Crippen LogP contribution in [0.15, 0.2) is 48.5 Å². The lowest BCUT2D eigenvalue weighted by molar-refractivity contribution is -0.144. The van der Waals surface area contributed by atoms with Crippen molar-refractivity contribution in [2.24, 2.45) is 0 Å². The van der Waals surface area contributed by atoms with Gasteiger partial charge < -0.3 is 19.5 Å². The molecule has 0 aliphatic heterocycles. The predicted octanol–water partition coefficient (Wildman–Crippen LogP) is 3.79. The summed E-state index contributed by atoms with van der Waals surface area (Å²) in [5, 5.41) is 3.38. The summed E-state index contributed by atoms with van der Waals surface area (Å²) < 4.78 is 15.5. The molecule has 148 valence electrons. The predicted molar refractivity (Wildman–Crippen MR) is 108 cm³/mol. The topological polar surface area (TPSA) is 73.9 Å². The molecule has 2 rings (SSSR count). The lowest BCUT2D eigenvalue weighted by atomic mass is 10.1. The fraction of sp³-hybridized carbons (Fsp3) is 0.238. The van der Waals surface area contributed by atoms with E-state index in [1.54, 1.807) is 69.7 Å². The summed E-state index contributed by atoms with van der Waals surface area (Å²) in [7, 11) is 3.11. The molecule has 0 spiro atoms. The number of hydrogen-bond acceptors (Lipinski definition) is 5. The minimum atomic E-state index is -0.614. The van der Waals surface area contributed by atoms with Gasteiger partial charge in [-0.15, -0.1) is 0 Å². The maximum absolute atomic E-state index is 12.1. The molecule has 2 aromatic rings. The molecule has 1 atom stereocenters. The number of carbonyl (C=O) groups excluding carboxylic acids is 2. The van der Waals surface area contributed by atoms with Gasteiger partial charge in [0.05, 0.1) is 20.3 Å². The van der Waals surface area contributed by atoms with Gasteiger partial charge in [0.2, 0.25) is 0 Å². The first-order chi connectivity index (χ1) is 13.4. The van der Waals surface area contributed by atoms with Crippen LogP contribution in [0.4, 0.5) is 0 Å². The summed E-state index contributed by atoms with van der Waals surface area (Å²) >= 11 is 5.81. The quantitative estimate of drug-likeness (QED) is 0.536. The van der Waals surface area contributed by atoms with Crippen LogP contribution >= 0.6 is 11.6 Å². The van der Waals surface area contributed by atoms with Gasteiger partial charge in [0.25, 0.3) is 5.91 Å². The second kappa shape index (κ2) is 10.4. The molecular formula is C21H22ClNO5. The average molecular weight is 404 g/mol. The van der Waals surface area contributed by atoms with Gasteiger partial charge >= 0.3 is 5.97 Å². The van der Waals surface area contributed by atoms with E-state index < -0.39 is 11.9 Å².